The molecule has 0 aliphatic heterocycles. The molecule has 1 atom stereocenters. The van der Waals surface area contributed by atoms with Crippen LogP contribution in [-0.2, 0) is 11.8 Å². The van der Waals surface area contributed by atoms with E-state index in [1.807, 2.05) is 11.6 Å². The zero-order chi connectivity index (χ0) is 11.8. The van der Waals surface area contributed by atoms with Gasteiger partial charge in [0.1, 0.15) is 6.33 Å². The average Bonchev–Trinajstić information content (AvgIpc) is 2.68. The Labute approximate surface area is 101 Å². The van der Waals surface area contributed by atoms with Crippen molar-refractivity contribution >= 4 is 11.8 Å². The van der Waals surface area contributed by atoms with Crippen LogP contribution in [-0.4, -0.2) is 46.8 Å². The first-order chi connectivity index (χ1) is 7.77. The van der Waals surface area contributed by atoms with E-state index in [-0.39, 0.29) is 0 Å². The monoisotopic (exact) mass is 244 g/mol. The van der Waals surface area contributed by atoms with Gasteiger partial charge in [-0.2, -0.15) is 0 Å². The van der Waals surface area contributed by atoms with Gasteiger partial charge < -0.3 is 14.6 Å². The van der Waals surface area contributed by atoms with Gasteiger partial charge >= 0.3 is 0 Å². The number of ether oxygens (including phenoxy) is 1. The summed E-state index contributed by atoms with van der Waals surface area (Å²) >= 11 is 1.70. The molecule has 1 aromatic rings. The van der Waals surface area contributed by atoms with Crippen LogP contribution in [0.4, 0.5) is 0 Å². The van der Waals surface area contributed by atoms with Gasteiger partial charge in [0.05, 0.1) is 6.61 Å². The van der Waals surface area contributed by atoms with Crippen LogP contribution in [0.5, 0.6) is 0 Å². The molecule has 1 rings (SSSR count). The summed E-state index contributed by atoms with van der Waals surface area (Å²) in [6, 6.07) is 0.367. The number of rotatable bonds is 8. The highest BCUT2D eigenvalue weighted by atomic mass is 32.2. The van der Waals surface area contributed by atoms with E-state index in [1.54, 1.807) is 25.2 Å². The average molecular weight is 244 g/mol. The van der Waals surface area contributed by atoms with Crippen molar-refractivity contribution in [2.45, 2.75) is 24.5 Å². The Morgan fingerprint density at radius 1 is 1.62 bits per heavy atom. The number of hydrogen-bond acceptors (Lipinski definition) is 5. The molecule has 0 saturated heterocycles. The van der Waals surface area contributed by atoms with Gasteiger partial charge in [0, 0.05) is 26.0 Å². The molecule has 16 heavy (non-hydrogen) atoms. The van der Waals surface area contributed by atoms with Gasteiger partial charge in [-0.3, -0.25) is 0 Å². The third-order valence-electron chi connectivity index (χ3n) is 2.13. The van der Waals surface area contributed by atoms with E-state index in [0.717, 1.165) is 30.5 Å². The Morgan fingerprint density at radius 2 is 2.44 bits per heavy atom. The molecule has 0 fully saturated rings. The summed E-state index contributed by atoms with van der Waals surface area (Å²) < 4.78 is 7.11. The Kier molecular flexibility index (Phi) is 6.44. The molecule has 0 aromatic carbocycles. The van der Waals surface area contributed by atoms with E-state index >= 15 is 0 Å². The molecule has 0 aliphatic rings. The third kappa shape index (κ3) is 4.51. The summed E-state index contributed by atoms with van der Waals surface area (Å²) in [6.45, 7) is 3.91. The Morgan fingerprint density at radius 3 is 3.00 bits per heavy atom. The number of hydrogen-bond donors (Lipinski definition) is 1. The molecule has 5 nitrogen and oxygen atoms in total. The van der Waals surface area contributed by atoms with Crippen molar-refractivity contribution < 1.29 is 4.74 Å². The van der Waals surface area contributed by atoms with E-state index in [2.05, 4.69) is 22.4 Å². The second-order valence-corrected chi connectivity index (χ2v) is 4.63. The summed E-state index contributed by atoms with van der Waals surface area (Å²) in [5, 5.41) is 12.3. The molecule has 6 heteroatoms. The van der Waals surface area contributed by atoms with Gasteiger partial charge in [-0.05, 0) is 13.0 Å². The van der Waals surface area contributed by atoms with E-state index < -0.39 is 0 Å². The van der Waals surface area contributed by atoms with Crippen molar-refractivity contribution in [2.75, 3.05) is 26.0 Å². The SMILES string of the molecule is CCCNC(COC)CSc1nncn1C. The fourth-order valence-corrected chi connectivity index (χ4v) is 2.21. The lowest BCUT2D eigenvalue weighted by molar-refractivity contribution is 0.174. The highest BCUT2D eigenvalue weighted by molar-refractivity contribution is 7.99. The van der Waals surface area contributed by atoms with Gasteiger partial charge in [-0.15, -0.1) is 10.2 Å². The second-order valence-electron chi connectivity index (χ2n) is 3.64. The van der Waals surface area contributed by atoms with Gasteiger partial charge in [-0.1, -0.05) is 18.7 Å². The number of nitrogens with one attached hydrogen (secondary N) is 1. The molecule has 0 bridgehead atoms. The predicted molar refractivity (Wildman–Crippen MR) is 65.7 cm³/mol. The maximum atomic E-state index is 5.18. The molecule has 1 N–H and O–H groups in total. The van der Waals surface area contributed by atoms with Crippen LogP contribution in [0.3, 0.4) is 0 Å². The largest absolute Gasteiger partial charge is 0.383 e. The number of methoxy groups -OCH3 is 1. The first kappa shape index (κ1) is 13.5. The zero-order valence-corrected chi connectivity index (χ0v) is 11.0. The van der Waals surface area contributed by atoms with Crippen LogP contribution in [0.2, 0.25) is 0 Å². The molecule has 0 saturated carbocycles. The molecule has 1 unspecified atom stereocenters. The summed E-state index contributed by atoms with van der Waals surface area (Å²) in [4.78, 5) is 0. The van der Waals surface area contributed by atoms with Gasteiger partial charge in [0.2, 0.25) is 0 Å². The van der Waals surface area contributed by atoms with Crippen LogP contribution in [0.15, 0.2) is 11.5 Å². The number of aryl methyl sites for hydroxylation is 1. The number of thioether (sulfide) groups is 1. The molecule has 0 aliphatic carbocycles. The van der Waals surface area contributed by atoms with Gasteiger partial charge in [0.15, 0.2) is 5.16 Å². The topological polar surface area (TPSA) is 52.0 Å². The van der Waals surface area contributed by atoms with E-state index in [0.29, 0.717) is 6.04 Å². The maximum absolute atomic E-state index is 5.18. The Hall–Kier alpha value is -0.590. The Bertz CT molecular complexity index is 292. The van der Waals surface area contributed by atoms with E-state index in [9.17, 15) is 0 Å². The molecule has 1 aromatic heterocycles. The minimum absolute atomic E-state index is 0.367. The quantitative estimate of drug-likeness (QED) is 0.689. The first-order valence-electron chi connectivity index (χ1n) is 5.47. The van der Waals surface area contributed by atoms with Crippen molar-refractivity contribution in [2.24, 2.45) is 7.05 Å². The lowest BCUT2D eigenvalue weighted by Gasteiger charge is -2.16. The van der Waals surface area contributed by atoms with Crippen LogP contribution in [0.25, 0.3) is 0 Å². The minimum atomic E-state index is 0.367. The molecule has 0 spiro atoms. The van der Waals surface area contributed by atoms with Crippen LogP contribution >= 0.6 is 11.8 Å². The van der Waals surface area contributed by atoms with E-state index in [4.69, 9.17) is 4.74 Å². The Balaban J connectivity index is 2.34. The van der Waals surface area contributed by atoms with Gasteiger partial charge in [0.25, 0.3) is 0 Å². The molecular weight excluding hydrogens is 224 g/mol. The van der Waals surface area contributed by atoms with Crippen molar-refractivity contribution in [3.8, 4) is 0 Å². The third-order valence-corrected chi connectivity index (χ3v) is 3.33. The molecular formula is C10H20N4OS. The standard InChI is InChI=1S/C10H20N4OS/c1-4-5-11-9(6-15-3)7-16-10-13-12-8-14(10)2/h8-9,11H,4-7H2,1-3H3. The molecule has 92 valence electrons. The fraction of sp³-hybridized carbons (Fsp3) is 0.800. The highest BCUT2D eigenvalue weighted by Gasteiger charge is 2.10. The summed E-state index contributed by atoms with van der Waals surface area (Å²) in [5.41, 5.74) is 0. The van der Waals surface area contributed by atoms with E-state index in [1.165, 1.54) is 0 Å². The summed E-state index contributed by atoms with van der Waals surface area (Å²) in [5.74, 6) is 0.945. The fourth-order valence-electron chi connectivity index (χ4n) is 1.29. The lowest BCUT2D eigenvalue weighted by atomic mass is 10.3. The van der Waals surface area contributed by atoms with Gasteiger partial charge in [-0.25, -0.2) is 0 Å². The van der Waals surface area contributed by atoms with Crippen molar-refractivity contribution in [1.29, 1.82) is 0 Å². The molecule has 1 heterocycles. The molecule has 0 radical (unpaired) electrons. The van der Waals surface area contributed by atoms with Crippen molar-refractivity contribution in [1.82, 2.24) is 20.1 Å². The van der Waals surface area contributed by atoms with Crippen molar-refractivity contribution in [3.63, 3.8) is 0 Å². The summed E-state index contributed by atoms with van der Waals surface area (Å²) in [7, 11) is 3.68. The van der Waals surface area contributed by atoms with Crippen molar-refractivity contribution in [3.05, 3.63) is 6.33 Å². The normalized spacial score (nSPS) is 12.9. The van der Waals surface area contributed by atoms with Crippen LogP contribution in [0.1, 0.15) is 13.3 Å². The number of aromatic nitrogens is 3. The minimum Gasteiger partial charge on any atom is -0.383 e. The maximum Gasteiger partial charge on any atom is 0.190 e. The van der Waals surface area contributed by atoms with Crippen LogP contribution < -0.4 is 5.32 Å². The smallest absolute Gasteiger partial charge is 0.190 e. The summed E-state index contributed by atoms with van der Waals surface area (Å²) in [6.07, 6.45) is 2.85. The predicted octanol–water partition coefficient (Wildman–Crippen LogP) is 0.922. The van der Waals surface area contributed by atoms with Crippen LogP contribution in [0, 0.1) is 0 Å². The lowest BCUT2D eigenvalue weighted by Crippen LogP contribution is -2.36. The second kappa shape index (κ2) is 7.65. The highest BCUT2D eigenvalue weighted by Crippen LogP contribution is 2.14. The number of nitrogens with zero attached hydrogens (tertiary/aromatic N) is 3. The first-order valence-corrected chi connectivity index (χ1v) is 6.45. The molecule has 0 amide bonds. The zero-order valence-electron chi connectivity index (χ0n) is 10.1.